The molecule has 3 aromatic rings. The number of halogens is 1. The summed E-state index contributed by atoms with van der Waals surface area (Å²) in [4.78, 5) is 27.0. The fraction of sp³-hybridized carbons (Fsp3) is 0.294. The fourth-order valence-corrected chi connectivity index (χ4v) is 3.13. The summed E-state index contributed by atoms with van der Waals surface area (Å²) in [5.74, 6) is -0.608. The second-order valence-corrected chi connectivity index (χ2v) is 5.78. The van der Waals surface area contributed by atoms with Crippen molar-refractivity contribution in [1.29, 1.82) is 0 Å². The van der Waals surface area contributed by atoms with Gasteiger partial charge in [-0.1, -0.05) is 0 Å². The van der Waals surface area contributed by atoms with E-state index in [-0.39, 0.29) is 18.0 Å². The molecule has 0 atom stereocenters. The molecule has 24 heavy (non-hydrogen) atoms. The Morgan fingerprint density at radius 2 is 1.92 bits per heavy atom. The summed E-state index contributed by atoms with van der Waals surface area (Å²) in [5.41, 5.74) is 1.25. The van der Waals surface area contributed by atoms with Crippen LogP contribution >= 0.6 is 0 Å². The number of ether oxygens (including phenoxy) is 1. The molecular weight excluding hydrogens is 313 g/mol. The summed E-state index contributed by atoms with van der Waals surface area (Å²) in [6.45, 7) is 1.89. The summed E-state index contributed by atoms with van der Waals surface area (Å²) in [6.07, 6.45) is 1.76. The van der Waals surface area contributed by atoms with Gasteiger partial charge in [-0.25, -0.2) is 4.39 Å². The normalized spacial score (nSPS) is 15.3. The molecule has 0 bridgehead atoms. The average Bonchev–Trinajstić information content (AvgIpc) is 3.09. The summed E-state index contributed by atoms with van der Waals surface area (Å²) in [7, 11) is 0. The molecule has 4 rings (SSSR count). The molecule has 0 spiro atoms. The quantitative estimate of drug-likeness (QED) is 0.711. The number of morpholine rings is 1. The first-order valence-corrected chi connectivity index (χ1v) is 7.80. The second-order valence-electron chi connectivity index (χ2n) is 5.78. The lowest BCUT2D eigenvalue weighted by molar-refractivity contribution is -0.135. The highest BCUT2D eigenvalue weighted by Gasteiger charge is 2.20. The Bertz CT molecular complexity index is 986. The lowest BCUT2D eigenvalue weighted by Crippen LogP contribution is -2.43. The Balaban J connectivity index is 1.85. The molecule has 0 N–H and O–H groups in total. The number of carbonyl (C=O) groups excluding carboxylic acids is 1. The van der Waals surface area contributed by atoms with Crippen LogP contribution in [0.3, 0.4) is 0 Å². The first-order chi connectivity index (χ1) is 11.6. The van der Waals surface area contributed by atoms with Crippen LogP contribution in [-0.2, 0) is 16.1 Å². The predicted molar refractivity (Wildman–Crippen MR) is 86.5 cm³/mol. The van der Waals surface area contributed by atoms with E-state index in [0.29, 0.717) is 42.9 Å². The molecule has 1 saturated heterocycles. The van der Waals surface area contributed by atoms with Crippen LogP contribution < -0.4 is 5.56 Å². The van der Waals surface area contributed by atoms with Crippen molar-refractivity contribution in [3.8, 4) is 0 Å². The van der Waals surface area contributed by atoms with Gasteiger partial charge in [0.15, 0.2) is 0 Å². The van der Waals surface area contributed by atoms with Crippen molar-refractivity contribution in [3.63, 3.8) is 0 Å². The standard InChI is InChI=1S/C17H16FN3O3/c18-12-3-4-13-15(10-12)21(17(23)14-2-1-5-20(13)14)11-16(22)19-6-8-24-9-7-19/h1-5,10H,6-9,11H2. The van der Waals surface area contributed by atoms with Crippen molar-refractivity contribution in [2.75, 3.05) is 26.3 Å². The highest BCUT2D eigenvalue weighted by molar-refractivity contribution is 5.82. The minimum absolute atomic E-state index is 0.111. The Hall–Kier alpha value is -2.67. The van der Waals surface area contributed by atoms with E-state index in [4.69, 9.17) is 4.74 Å². The summed E-state index contributed by atoms with van der Waals surface area (Å²) >= 11 is 0. The van der Waals surface area contributed by atoms with Gasteiger partial charge in [0.25, 0.3) is 5.56 Å². The topological polar surface area (TPSA) is 56.0 Å². The molecule has 2 aromatic heterocycles. The molecule has 1 aliphatic heterocycles. The van der Waals surface area contributed by atoms with Crippen LogP contribution in [0.4, 0.5) is 4.39 Å². The Kier molecular flexibility index (Phi) is 3.57. The number of hydrogen-bond donors (Lipinski definition) is 0. The summed E-state index contributed by atoms with van der Waals surface area (Å²) < 4.78 is 22.0. The Morgan fingerprint density at radius 1 is 1.12 bits per heavy atom. The van der Waals surface area contributed by atoms with Crippen LogP contribution in [0.15, 0.2) is 41.3 Å². The third-order valence-corrected chi connectivity index (χ3v) is 4.36. The lowest BCUT2D eigenvalue weighted by Gasteiger charge is -2.27. The van der Waals surface area contributed by atoms with Crippen molar-refractivity contribution in [1.82, 2.24) is 13.9 Å². The molecule has 1 aliphatic rings. The van der Waals surface area contributed by atoms with Gasteiger partial charge < -0.3 is 14.0 Å². The van der Waals surface area contributed by atoms with Crippen molar-refractivity contribution in [3.05, 3.63) is 52.7 Å². The van der Waals surface area contributed by atoms with Gasteiger partial charge in [-0.3, -0.25) is 14.2 Å². The van der Waals surface area contributed by atoms with E-state index in [0.717, 1.165) is 0 Å². The van der Waals surface area contributed by atoms with Crippen LogP contribution in [-0.4, -0.2) is 46.1 Å². The van der Waals surface area contributed by atoms with Crippen LogP contribution in [0.1, 0.15) is 0 Å². The third kappa shape index (κ3) is 2.37. The molecule has 0 saturated carbocycles. The largest absolute Gasteiger partial charge is 0.378 e. The molecular formula is C17H16FN3O3. The van der Waals surface area contributed by atoms with Gasteiger partial charge in [0.05, 0.1) is 24.2 Å². The van der Waals surface area contributed by atoms with Crippen LogP contribution in [0.5, 0.6) is 0 Å². The fourth-order valence-electron chi connectivity index (χ4n) is 3.13. The van der Waals surface area contributed by atoms with E-state index in [1.54, 1.807) is 33.7 Å². The van der Waals surface area contributed by atoms with E-state index in [1.807, 2.05) is 0 Å². The van der Waals surface area contributed by atoms with E-state index in [2.05, 4.69) is 0 Å². The first kappa shape index (κ1) is 14.9. The van der Waals surface area contributed by atoms with Crippen molar-refractivity contribution in [2.24, 2.45) is 0 Å². The molecule has 124 valence electrons. The van der Waals surface area contributed by atoms with Crippen LogP contribution in [0, 0.1) is 5.82 Å². The smallest absolute Gasteiger partial charge is 0.275 e. The van der Waals surface area contributed by atoms with Crippen LogP contribution in [0.25, 0.3) is 16.6 Å². The maximum atomic E-state index is 13.7. The molecule has 3 heterocycles. The van der Waals surface area contributed by atoms with Crippen molar-refractivity contribution in [2.45, 2.75) is 6.54 Å². The number of carbonyl (C=O) groups is 1. The van der Waals surface area contributed by atoms with E-state index in [9.17, 15) is 14.0 Å². The average molecular weight is 329 g/mol. The second kappa shape index (κ2) is 5.76. The number of nitrogens with zero attached hydrogens (tertiary/aromatic N) is 3. The molecule has 6 nitrogen and oxygen atoms in total. The zero-order chi connectivity index (χ0) is 16.7. The Morgan fingerprint density at radius 3 is 2.71 bits per heavy atom. The summed E-state index contributed by atoms with van der Waals surface area (Å²) in [5, 5.41) is 0. The van der Waals surface area contributed by atoms with Gasteiger partial charge in [0.2, 0.25) is 5.91 Å². The SMILES string of the molecule is O=C(Cn1c(=O)c2cccn2c2ccc(F)cc21)N1CCOCC1. The van der Waals surface area contributed by atoms with Gasteiger partial charge in [0, 0.05) is 19.3 Å². The molecule has 7 heteroatoms. The summed E-state index contributed by atoms with van der Waals surface area (Å²) in [6, 6.07) is 7.71. The minimum Gasteiger partial charge on any atom is -0.378 e. The maximum absolute atomic E-state index is 13.7. The lowest BCUT2D eigenvalue weighted by atomic mass is 10.2. The minimum atomic E-state index is -0.444. The van der Waals surface area contributed by atoms with Gasteiger partial charge in [-0.2, -0.15) is 0 Å². The van der Waals surface area contributed by atoms with E-state index in [1.165, 1.54) is 16.7 Å². The monoisotopic (exact) mass is 329 g/mol. The van der Waals surface area contributed by atoms with E-state index < -0.39 is 5.82 Å². The van der Waals surface area contributed by atoms with Crippen molar-refractivity contribution < 1.29 is 13.9 Å². The van der Waals surface area contributed by atoms with Gasteiger partial charge >= 0.3 is 0 Å². The zero-order valence-corrected chi connectivity index (χ0v) is 12.9. The third-order valence-electron chi connectivity index (χ3n) is 4.36. The predicted octanol–water partition coefficient (Wildman–Crippen LogP) is 1.25. The zero-order valence-electron chi connectivity index (χ0n) is 12.9. The maximum Gasteiger partial charge on any atom is 0.275 e. The number of amides is 1. The van der Waals surface area contributed by atoms with Gasteiger partial charge in [-0.15, -0.1) is 0 Å². The Labute approximate surface area is 136 Å². The van der Waals surface area contributed by atoms with Gasteiger partial charge in [0.1, 0.15) is 17.9 Å². The molecule has 1 amide bonds. The number of aromatic nitrogens is 2. The highest BCUT2D eigenvalue weighted by atomic mass is 19.1. The molecule has 1 fully saturated rings. The van der Waals surface area contributed by atoms with E-state index >= 15 is 0 Å². The van der Waals surface area contributed by atoms with Crippen LogP contribution in [0.2, 0.25) is 0 Å². The number of hydrogen-bond acceptors (Lipinski definition) is 3. The van der Waals surface area contributed by atoms with Gasteiger partial charge in [-0.05, 0) is 30.3 Å². The number of fused-ring (bicyclic) bond motifs is 3. The molecule has 0 unspecified atom stereocenters. The molecule has 1 aromatic carbocycles. The molecule has 0 aliphatic carbocycles. The first-order valence-electron chi connectivity index (χ1n) is 7.80. The highest BCUT2D eigenvalue weighted by Crippen LogP contribution is 2.17. The number of rotatable bonds is 2. The molecule has 0 radical (unpaired) electrons. The van der Waals surface area contributed by atoms with Crippen molar-refractivity contribution >= 4 is 22.5 Å². The number of benzene rings is 1.